The van der Waals surface area contributed by atoms with Gasteiger partial charge in [0.25, 0.3) is 0 Å². The molecule has 0 saturated heterocycles. The number of benzene rings is 1. The van der Waals surface area contributed by atoms with Gasteiger partial charge in [0.1, 0.15) is 0 Å². The second kappa shape index (κ2) is 4.65. The Balaban J connectivity index is 1.83. The summed E-state index contributed by atoms with van der Waals surface area (Å²) >= 11 is 0. The van der Waals surface area contributed by atoms with Crippen molar-refractivity contribution < 1.29 is 0 Å². The highest BCUT2D eigenvalue weighted by Gasteiger charge is 2.18. The van der Waals surface area contributed by atoms with E-state index in [9.17, 15) is 0 Å². The summed E-state index contributed by atoms with van der Waals surface area (Å²) in [6.45, 7) is 0. The average Bonchev–Trinajstić information content (AvgIpc) is 2.90. The molecule has 0 spiro atoms. The summed E-state index contributed by atoms with van der Waals surface area (Å²) in [6, 6.07) is 10.5. The van der Waals surface area contributed by atoms with Crippen molar-refractivity contribution in [1.29, 1.82) is 0 Å². The van der Waals surface area contributed by atoms with E-state index in [1.54, 1.807) is 0 Å². The predicted octanol–water partition coefficient (Wildman–Crippen LogP) is 2.85. The Morgan fingerprint density at radius 3 is 2.53 bits per heavy atom. The van der Waals surface area contributed by atoms with Crippen molar-refractivity contribution in [3.63, 3.8) is 0 Å². The molecule has 1 fully saturated rings. The number of hydrogen-bond donors (Lipinski definition) is 0. The van der Waals surface area contributed by atoms with Crippen LogP contribution in [-0.4, -0.2) is 20.2 Å². The first kappa shape index (κ1) is 10.4. The van der Waals surface area contributed by atoms with E-state index in [1.165, 1.54) is 32.1 Å². The predicted molar refractivity (Wildman–Crippen MR) is 65.4 cm³/mol. The molecule has 0 amide bonds. The van der Waals surface area contributed by atoms with Crippen LogP contribution in [0, 0.1) is 0 Å². The Morgan fingerprint density at radius 2 is 1.76 bits per heavy atom. The van der Waals surface area contributed by atoms with Gasteiger partial charge in [0, 0.05) is 5.56 Å². The third-order valence-electron chi connectivity index (χ3n) is 3.36. The molecule has 17 heavy (non-hydrogen) atoms. The Labute approximate surface area is 101 Å². The summed E-state index contributed by atoms with van der Waals surface area (Å²) in [5.74, 6) is 0.733. The molecule has 1 heterocycles. The summed E-state index contributed by atoms with van der Waals surface area (Å²) in [5, 5.41) is 12.8. The fourth-order valence-corrected chi connectivity index (χ4v) is 2.39. The molecular formula is C13H16N4. The van der Waals surface area contributed by atoms with E-state index in [0.29, 0.717) is 6.04 Å². The van der Waals surface area contributed by atoms with Gasteiger partial charge in [-0.1, -0.05) is 49.6 Å². The van der Waals surface area contributed by atoms with Gasteiger partial charge in [-0.15, -0.1) is 10.2 Å². The molecule has 0 N–H and O–H groups in total. The minimum atomic E-state index is 0.453. The lowest BCUT2D eigenvalue weighted by Crippen LogP contribution is -2.15. The topological polar surface area (TPSA) is 43.6 Å². The molecule has 1 aromatic heterocycles. The lowest BCUT2D eigenvalue weighted by Gasteiger charge is -2.19. The van der Waals surface area contributed by atoms with Crippen molar-refractivity contribution in [3.05, 3.63) is 30.3 Å². The van der Waals surface area contributed by atoms with Crippen LogP contribution < -0.4 is 0 Å². The molecule has 0 unspecified atom stereocenters. The molecule has 0 atom stereocenters. The van der Waals surface area contributed by atoms with Gasteiger partial charge in [0.05, 0.1) is 6.04 Å². The monoisotopic (exact) mass is 228 g/mol. The SMILES string of the molecule is c1ccc(-c2nnn(C3CCCCC3)n2)cc1. The van der Waals surface area contributed by atoms with Crippen LogP contribution in [0.25, 0.3) is 11.4 Å². The lowest BCUT2D eigenvalue weighted by atomic mass is 9.96. The third-order valence-corrected chi connectivity index (χ3v) is 3.36. The smallest absolute Gasteiger partial charge is 0.161 e. The minimum Gasteiger partial charge on any atom is -0.161 e. The quantitative estimate of drug-likeness (QED) is 0.793. The largest absolute Gasteiger partial charge is 0.204 e. The molecule has 1 aliphatic rings. The number of rotatable bonds is 2. The molecule has 0 bridgehead atoms. The zero-order chi connectivity index (χ0) is 11.5. The van der Waals surface area contributed by atoms with Crippen LogP contribution >= 0.6 is 0 Å². The van der Waals surface area contributed by atoms with Gasteiger partial charge in [-0.25, -0.2) is 0 Å². The average molecular weight is 228 g/mol. The van der Waals surface area contributed by atoms with Crippen LogP contribution in [0.15, 0.2) is 30.3 Å². The van der Waals surface area contributed by atoms with Crippen LogP contribution in [0.3, 0.4) is 0 Å². The van der Waals surface area contributed by atoms with E-state index < -0.39 is 0 Å². The Morgan fingerprint density at radius 1 is 1.00 bits per heavy atom. The summed E-state index contributed by atoms with van der Waals surface area (Å²) in [5.41, 5.74) is 1.04. The first-order valence-corrected chi connectivity index (χ1v) is 6.28. The Bertz CT molecular complexity index is 471. The fraction of sp³-hybridized carbons (Fsp3) is 0.462. The number of tetrazole rings is 1. The maximum absolute atomic E-state index is 4.50. The maximum Gasteiger partial charge on any atom is 0.204 e. The first-order chi connectivity index (χ1) is 8.43. The lowest BCUT2D eigenvalue weighted by molar-refractivity contribution is 0.297. The van der Waals surface area contributed by atoms with Crippen molar-refractivity contribution >= 4 is 0 Å². The van der Waals surface area contributed by atoms with Crippen LogP contribution in [0.4, 0.5) is 0 Å². The van der Waals surface area contributed by atoms with Gasteiger partial charge in [-0.3, -0.25) is 0 Å². The third kappa shape index (κ3) is 2.20. The molecule has 1 aromatic carbocycles. The zero-order valence-corrected chi connectivity index (χ0v) is 9.79. The highest BCUT2D eigenvalue weighted by molar-refractivity contribution is 5.52. The minimum absolute atomic E-state index is 0.453. The molecule has 88 valence electrons. The molecule has 3 rings (SSSR count). The summed E-state index contributed by atoms with van der Waals surface area (Å²) in [7, 11) is 0. The summed E-state index contributed by atoms with van der Waals surface area (Å²) in [4.78, 5) is 1.81. The van der Waals surface area contributed by atoms with Crippen LogP contribution in [0.5, 0.6) is 0 Å². The molecule has 4 nitrogen and oxygen atoms in total. The number of hydrogen-bond acceptors (Lipinski definition) is 3. The van der Waals surface area contributed by atoms with Crippen LogP contribution in [-0.2, 0) is 0 Å². The van der Waals surface area contributed by atoms with Crippen molar-refractivity contribution in [3.8, 4) is 11.4 Å². The van der Waals surface area contributed by atoms with Crippen LogP contribution in [0.1, 0.15) is 38.1 Å². The van der Waals surface area contributed by atoms with E-state index >= 15 is 0 Å². The number of aromatic nitrogens is 4. The van der Waals surface area contributed by atoms with Gasteiger partial charge < -0.3 is 0 Å². The molecule has 4 heteroatoms. The molecule has 0 aliphatic heterocycles. The first-order valence-electron chi connectivity index (χ1n) is 6.28. The van der Waals surface area contributed by atoms with E-state index in [4.69, 9.17) is 0 Å². The zero-order valence-electron chi connectivity index (χ0n) is 9.79. The van der Waals surface area contributed by atoms with Crippen molar-refractivity contribution in [2.45, 2.75) is 38.1 Å². The van der Waals surface area contributed by atoms with Gasteiger partial charge >= 0.3 is 0 Å². The second-order valence-electron chi connectivity index (χ2n) is 4.59. The fourth-order valence-electron chi connectivity index (χ4n) is 2.39. The van der Waals surface area contributed by atoms with Gasteiger partial charge in [-0.2, -0.15) is 4.80 Å². The van der Waals surface area contributed by atoms with Crippen molar-refractivity contribution in [1.82, 2.24) is 20.2 Å². The second-order valence-corrected chi connectivity index (χ2v) is 4.59. The van der Waals surface area contributed by atoms with E-state index in [2.05, 4.69) is 15.4 Å². The van der Waals surface area contributed by atoms with E-state index in [0.717, 1.165) is 11.4 Å². The van der Waals surface area contributed by atoms with Gasteiger partial charge in [0.2, 0.25) is 5.82 Å². The Hall–Kier alpha value is -1.71. The highest BCUT2D eigenvalue weighted by atomic mass is 15.6. The van der Waals surface area contributed by atoms with Gasteiger partial charge in [0.15, 0.2) is 0 Å². The standard InChI is InChI=1S/C13H16N4/c1-3-7-11(8-4-1)13-14-16-17(15-13)12-9-5-2-6-10-12/h1,3-4,7-8,12H,2,5-6,9-10H2. The van der Waals surface area contributed by atoms with Crippen LogP contribution in [0.2, 0.25) is 0 Å². The van der Waals surface area contributed by atoms with Crippen molar-refractivity contribution in [2.75, 3.05) is 0 Å². The summed E-state index contributed by atoms with van der Waals surface area (Å²) in [6.07, 6.45) is 6.28. The Kier molecular flexibility index (Phi) is 2.86. The molecule has 1 aliphatic carbocycles. The normalized spacial score (nSPS) is 17.2. The van der Waals surface area contributed by atoms with Gasteiger partial charge in [-0.05, 0) is 18.1 Å². The molecular weight excluding hydrogens is 212 g/mol. The molecule has 1 saturated carbocycles. The molecule has 0 radical (unpaired) electrons. The van der Waals surface area contributed by atoms with Crippen molar-refractivity contribution in [2.24, 2.45) is 0 Å². The number of nitrogens with zero attached hydrogens (tertiary/aromatic N) is 4. The summed E-state index contributed by atoms with van der Waals surface area (Å²) < 4.78 is 0. The maximum atomic E-state index is 4.50. The highest BCUT2D eigenvalue weighted by Crippen LogP contribution is 2.27. The van der Waals surface area contributed by atoms with E-state index in [-0.39, 0.29) is 0 Å². The molecule has 2 aromatic rings. The van der Waals surface area contributed by atoms with E-state index in [1.807, 2.05) is 35.1 Å².